The molecule has 9 heteroatoms. The molecule has 1 aliphatic heterocycles. The largest absolute Gasteiger partial charge is 0.369 e. The number of unbranched alkanes of at least 4 members (excludes halogenated alkanes) is 1. The summed E-state index contributed by atoms with van der Waals surface area (Å²) >= 11 is 0. The summed E-state index contributed by atoms with van der Waals surface area (Å²) in [5, 5.41) is 11.0. The standard InChI is InChI=1S/C21H34N4O4S/c26-25(27)21-10-6-9-20(17-21)24-15-13-23(14-16-24)12-5-4-11-22-30(28,29)18-19-7-2-1-3-8-19/h6,9-10,17,19,22H,1-5,7-8,11-16,18H2. The van der Waals surface area contributed by atoms with E-state index in [0.717, 1.165) is 76.9 Å². The lowest BCUT2D eigenvalue weighted by Gasteiger charge is -2.36. The van der Waals surface area contributed by atoms with Crippen molar-refractivity contribution in [3.05, 3.63) is 34.4 Å². The van der Waals surface area contributed by atoms with Gasteiger partial charge in [-0.1, -0.05) is 25.3 Å². The maximum absolute atomic E-state index is 12.2. The van der Waals surface area contributed by atoms with E-state index in [0.29, 0.717) is 12.5 Å². The Morgan fingerprint density at radius 2 is 1.80 bits per heavy atom. The van der Waals surface area contributed by atoms with Gasteiger partial charge in [0, 0.05) is 50.5 Å². The highest BCUT2D eigenvalue weighted by atomic mass is 32.2. The van der Waals surface area contributed by atoms with Crippen LogP contribution in [0, 0.1) is 16.0 Å². The average molecular weight is 439 g/mol. The quantitative estimate of drug-likeness (QED) is 0.343. The Bertz CT molecular complexity index is 788. The van der Waals surface area contributed by atoms with Crippen molar-refractivity contribution >= 4 is 21.4 Å². The fourth-order valence-corrected chi connectivity index (χ4v) is 5.97. The molecule has 8 nitrogen and oxygen atoms in total. The number of piperazine rings is 1. The van der Waals surface area contributed by atoms with Crippen LogP contribution in [0.3, 0.4) is 0 Å². The molecule has 30 heavy (non-hydrogen) atoms. The van der Waals surface area contributed by atoms with Gasteiger partial charge in [-0.05, 0) is 44.2 Å². The van der Waals surface area contributed by atoms with Gasteiger partial charge in [-0.3, -0.25) is 15.0 Å². The maximum atomic E-state index is 12.2. The van der Waals surface area contributed by atoms with Crippen molar-refractivity contribution in [3.63, 3.8) is 0 Å². The number of sulfonamides is 1. The lowest BCUT2D eigenvalue weighted by molar-refractivity contribution is -0.384. The second kappa shape index (κ2) is 11.1. The first kappa shape index (κ1) is 23.0. The summed E-state index contributed by atoms with van der Waals surface area (Å²) in [7, 11) is -3.15. The lowest BCUT2D eigenvalue weighted by atomic mass is 9.91. The summed E-state index contributed by atoms with van der Waals surface area (Å²) in [6, 6.07) is 6.80. The van der Waals surface area contributed by atoms with Crippen LogP contribution in [-0.2, 0) is 10.0 Å². The number of non-ortho nitro benzene ring substituents is 1. The van der Waals surface area contributed by atoms with Gasteiger partial charge in [0.15, 0.2) is 0 Å². The van der Waals surface area contributed by atoms with Crippen molar-refractivity contribution in [1.29, 1.82) is 0 Å². The van der Waals surface area contributed by atoms with Gasteiger partial charge in [0.25, 0.3) is 5.69 Å². The number of hydrogen-bond acceptors (Lipinski definition) is 6. The van der Waals surface area contributed by atoms with E-state index >= 15 is 0 Å². The maximum Gasteiger partial charge on any atom is 0.271 e. The first-order valence-electron chi connectivity index (χ1n) is 11.1. The van der Waals surface area contributed by atoms with Crippen molar-refractivity contribution in [3.8, 4) is 0 Å². The zero-order valence-corrected chi connectivity index (χ0v) is 18.5. The molecule has 1 aliphatic carbocycles. The summed E-state index contributed by atoms with van der Waals surface area (Å²) in [5.74, 6) is 0.616. The van der Waals surface area contributed by atoms with Gasteiger partial charge in [-0.15, -0.1) is 0 Å². The molecule has 1 saturated carbocycles. The SMILES string of the molecule is O=[N+]([O-])c1cccc(N2CCN(CCCCNS(=O)(=O)CC3CCCCC3)CC2)c1. The summed E-state index contributed by atoms with van der Waals surface area (Å²) in [5.41, 5.74) is 1.03. The van der Waals surface area contributed by atoms with Crippen molar-refractivity contribution in [1.82, 2.24) is 9.62 Å². The third-order valence-corrected chi connectivity index (χ3v) is 7.74. The van der Waals surface area contributed by atoms with E-state index in [-0.39, 0.29) is 16.4 Å². The molecule has 2 aliphatic rings. The molecule has 1 aromatic rings. The lowest BCUT2D eigenvalue weighted by Crippen LogP contribution is -2.46. The summed E-state index contributed by atoms with van der Waals surface area (Å²) in [6.07, 6.45) is 7.46. The number of hydrogen-bond donors (Lipinski definition) is 1. The van der Waals surface area contributed by atoms with Crippen LogP contribution in [-0.4, -0.2) is 63.3 Å². The van der Waals surface area contributed by atoms with E-state index in [9.17, 15) is 18.5 Å². The third kappa shape index (κ3) is 7.21. The van der Waals surface area contributed by atoms with E-state index in [1.54, 1.807) is 12.1 Å². The number of nitro groups is 1. The van der Waals surface area contributed by atoms with E-state index < -0.39 is 10.0 Å². The molecule has 1 N–H and O–H groups in total. The topological polar surface area (TPSA) is 95.8 Å². The molecule has 1 aromatic carbocycles. The fourth-order valence-electron chi connectivity index (χ4n) is 4.44. The minimum atomic E-state index is -3.15. The highest BCUT2D eigenvalue weighted by molar-refractivity contribution is 7.89. The smallest absolute Gasteiger partial charge is 0.271 e. The van der Waals surface area contributed by atoms with Crippen molar-refractivity contribution in [2.45, 2.75) is 44.9 Å². The van der Waals surface area contributed by atoms with Crippen LogP contribution >= 0.6 is 0 Å². The Morgan fingerprint density at radius 1 is 1.07 bits per heavy atom. The first-order chi connectivity index (χ1) is 14.4. The Morgan fingerprint density at radius 3 is 2.50 bits per heavy atom. The Labute approximate surface area is 179 Å². The minimum Gasteiger partial charge on any atom is -0.369 e. The second-order valence-corrected chi connectivity index (χ2v) is 10.3. The number of rotatable bonds is 10. The number of anilines is 1. The molecule has 1 saturated heterocycles. The summed E-state index contributed by atoms with van der Waals surface area (Å²) in [4.78, 5) is 15.2. The monoisotopic (exact) mass is 438 g/mol. The molecule has 0 atom stereocenters. The molecule has 0 radical (unpaired) electrons. The molecule has 0 unspecified atom stereocenters. The molecule has 3 rings (SSSR count). The number of nitrogens with one attached hydrogen (secondary N) is 1. The molecule has 2 fully saturated rings. The van der Waals surface area contributed by atoms with Crippen molar-refractivity contribution < 1.29 is 13.3 Å². The van der Waals surface area contributed by atoms with E-state index in [2.05, 4.69) is 14.5 Å². The van der Waals surface area contributed by atoms with Gasteiger partial charge >= 0.3 is 0 Å². The average Bonchev–Trinajstić information content (AvgIpc) is 2.74. The Hall–Kier alpha value is -1.71. The summed E-state index contributed by atoms with van der Waals surface area (Å²) in [6.45, 7) is 4.98. The van der Waals surface area contributed by atoms with E-state index in [4.69, 9.17) is 0 Å². The van der Waals surface area contributed by atoms with Crippen LogP contribution in [0.4, 0.5) is 11.4 Å². The number of nitro benzene ring substituents is 1. The highest BCUT2D eigenvalue weighted by Gasteiger charge is 2.21. The first-order valence-corrected chi connectivity index (χ1v) is 12.8. The van der Waals surface area contributed by atoms with Crippen LogP contribution in [0.2, 0.25) is 0 Å². The van der Waals surface area contributed by atoms with Gasteiger partial charge in [0.1, 0.15) is 0 Å². The third-order valence-electron chi connectivity index (χ3n) is 6.18. The van der Waals surface area contributed by atoms with Crippen LogP contribution in [0.25, 0.3) is 0 Å². The fraction of sp³-hybridized carbons (Fsp3) is 0.714. The summed E-state index contributed by atoms with van der Waals surface area (Å²) < 4.78 is 27.2. The van der Waals surface area contributed by atoms with Gasteiger partial charge < -0.3 is 4.90 Å². The van der Waals surface area contributed by atoms with Gasteiger partial charge in [0.2, 0.25) is 10.0 Å². The number of nitrogens with zero attached hydrogens (tertiary/aromatic N) is 3. The van der Waals surface area contributed by atoms with Crippen molar-refractivity contribution in [2.24, 2.45) is 5.92 Å². The Kier molecular flexibility index (Phi) is 8.47. The molecular weight excluding hydrogens is 404 g/mol. The minimum absolute atomic E-state index is 0.126. The molecule has 0 bridgehead atoms. The normalized spacial score (nSPS) is 19.1. The van der Waals surface area contributed by atoms with E-state index in [1.807, 2.05) is 6.07 Å². The zero-order valence-electron chi connectivity index (χ0n) is 17.7. The van der Waals surface area contributed by atoms with Gasteiger partial charge in [-0.25, -0.2) is 13.1 Å². The van der Waals surface area contributed by atoms with Gasteiger partial charge in [0.05, 0.1) is 10.7 Å². The zero-order chi connectivity index (χ0) is 21.4. The predicted molar refractivity (Wildman–Crippen MR) is 119 cm³/mol. The Balaban J connectivity index is 1.30. The number of benzene rings is 1. The molecule has 1 heterocycles. The molecular formula is C21H34N4O4S. The molecule has 168 valence electrons. The second-order valence-electron chi connectivity index (χ2n) is 8.49. The van der Waals surface area contributed by atoms with Crippen LogP contribution in [0.5, 0.6) is 0 Å². The molecule has 0 amide bonds. The van der Waals surface area contributed by atoms with Crippen LogP contribution in [0.15, 0.2) is 24.3 Å². The van der Waals surface area contributed by atoms with Crippen LogP contribution < -0.4 is 9.62 Å². The molecule has 0 spiro atoms. The predicted octanol–water partition coefficient (Wildman–Crippen LogP) is 3.00. The van der Waals surface area contributed by atoms with Gasteiger partial charge in [-0.2, -0.15) is 0 Å². The highest BCUT2D eigenvalue weighted by Crippen LogP contribution is 2.25. The molecule has 0 aromatic heterocycles. The van der Waals surface area contributed by atoms with Crippen molar-refractivity contribution in [2.75, 3.05) is 49.9 Å². The van der Waals surface area contributed by atoms with E-state index in [1.165, 1.54) is 12.5 Å². The van der Waals surface area contributed by atoms with Crippen LogP contribution in [0.1, 0.15) is 44.9 Å².